The minimum atomic E-state index is -3.68. The van der Waals surface area contributed by atoms with Gasteiger partial charge in [-0.3, -0.25) is 4.79 Å². The van der Waals surface area contributed by atoms with Gasteiger partial charge in [-0.1, -0.05) is 23.2 Å². The Bertz CT molecular complexity index is 893. The fourth-order valence-corrected chi connectivity index (χ4v) is 6.52. The molecule has 1 aliphatic heterocycles. The molecule has 10 heteroatoms. The second kappa shape index (κ2) is 7.85. The number of nitrogens with one attached hydrogen (secondary N) is 1. The Kier molecular flexibility index (Phi) is 5.97. The lowest BCUT2D eigenvalue weighted by Gasteiger charge is -2.25. The highest BCUT2D eigenvalue weighted by molar-refractivity contribution is 7.99. The van der Waals surface area contributed by atoms with Crippen molar-refractivity contribution in [2.45, 2.75) is 4.90 Å². The summed E-state index contributed by atoms with van der Waals surface area (Å²) in [6, 6.07) is 6.17. The zero-order chi connectivity index (χ0) is 18.0. The first-order valence-corrected chi connectivity index (χ1v) is 11.5. The molecular weight excluding hydrogens is 423 g/mol. The van der Waals surface area contributed by atoms with Gasteiger partial charge in [-0.05, 0) is 29.6 Å². The number of benzene rings is 1. The molecule has 0 spiro atoms. The van der Waals surface area contributed by atoms with Crippen molar-refractivity contribution >= 4 is 67.9 Å². The summed E-state index contributed by atoms with van der Waals surface area (Å²) in [6.07, 6.45) is 0. The van der Waals surface area contributed by atoms with Gasteiger partial charge in [-0.2, -0.15) is 16.1 Å². The van der Waals surface area contributed by atoms with Crippen LogP contribution in [0.2, 0.25) is 10.0 Å². The van der Waals surface area contributed by atoms with E-state index in [1.54, 1.807) is 29.3 Å². The number of rotatable bonds is 4. The van der Waals surface area contributed by atoms with Gasteiger partial charge in [0.25, 0.3) is 5.91 Å². The van der Waals surface area contributed by atoms with Gasteiger partial charge < -0.3 is 5.32 Å². The zero-order valence-electron chi connectivity index (χ0n) is 12.9. The maximum atomic E-state index is 12.8. The first kappa shape index (κ1) is 19.0. The fourth-order valence-electron chi connectivity index (χ4n) is 2.35. The Labute approximate surface area is 164 Å². The van der Waals surface area contributed by atoms with Crippen molar-refractivity contribution in [3.63, 3.8) is 0 Å². The van der Waals surface area contributed by atoms with Crippen molar-refractivity contribution in [2.24, 2.45) is 0 Å². The number of hydrogen-bond donors (Lipinski definition) is 1. The third-order valence-electron chi connectivity index (χ3n) is 3.60. The van der Waals surface area contributed by atoms with Crippen molar-refractivity contribution < 1.29 is 13.2 Å². The Morgan fingerprint density at radius 2 is 1.84 bits per heavy atom. The Morgan fingerprint density at radius 1 is 1.12 bits per heavy atom. The number of anilines is 1. The molecular formula is C15H14Cl2N2O3S3. The molecule has 0 aliphatic carbocycles. The van der Waals surface area contributed by atoms with Crippen LogP contribution < -0.4 is 5.32 Å². The molecule has 1 fully saturated rings. The number of nitrogens with zero attached hydrogens (tertiary/aromatic N) is 1. The van der Waals surface area contributed by atoms with Gasteiger partial charge >= 0.3 is 0 Å². The van der Waals surface area contributed by atoms with Crippen LogP contribution in [0, 0.1) is 0 Å². The normalized spacial score (nSPS) is 15.9. The summed E-state index contributed by atoms with van der Waals surface area (Å²) in [5.74, 6) is 1.03. The lowest BCUT2D eigenvalue weighted by Crippen LogP contribution is -2.38. The third kappa shape index (κ3) is 4.15. The number of thiophene rings is 1. The molecule has 0 unspecified atom stereocenters. The lowest BCUT2D eigenvalue weighted by atomic mass is 10.3. The molecule has 1 N–H and O–H groups in total. The minimum Gasteiger partial charge on any atom is -0.321 e. The maximum Gasteiger partial charge on any atom is 0.267 e. The van der Waals surface area contributed by atoms with Crippen LogP contribution in [0.5, 0.6) is 0 Å². The van der Waals surface area contributed by atoms with Gasteiger partial charge in [0.05, 0.1) is 10.0 Å². The lowest BCUT2D eigenvalue weighted by molar-refractivity contribution is 0.102. The average Bonchev–Trinajstić information content (AvgIpc) is 3.10. The number of amides is 1. The molecule has 0 radical (unpaired) electrons. The topological polar surface area (TPSA) is 66.5 Å². The Morgan fingerprint density at radius 3 is 2.52 bits per heavy atom. The van der Waals surface area contributed by atoms with E-state index in [-0.39, 0.29) is 9.77 Å². The van der Waals surface area contributed by atoms with E-state index in [9.17, 15) is 13.2 Å². The summed E-state index contributed by atoms with van der Waals surface area (Å²) >= 11 is 14.6. The standard InChI is InChI=1S/C15H14Cl2N2O3S3/c16-11-2-1-10(9-12(11)17)18-15(20)14-13(3-6-24-14)25(21,22)19-4-7-23-8-5-19/h1-3,6,9H,4-5,7-8H2,(H,18,20). The van der Waals surface area contributed by atoms with E-state index in [1.807, 2.05) is 0 Å². The predicted molar refractivity (Wildman–Crippen MR) is 105 cm³/mol. The molecule has 0 saturated carbocycles. The van der Waals surface area contributed by atoms with Gasteiger partial charge in [-0.15, -0.1) is 11.3 Å². The molecule has 1 aliphatic rings. The van der Waals surface area contributed by atoms with Crippen molar-refractivity contribution in [3.8, 4) is 0 Å². The van der Waals surface area contributed by atoms with E-state index in [2.05, 4.69) is 5.32 Å². The third-order valence-corrected chi connectivity index (χ3v) is 8.27. The van der Waals surface area contributed by atoms with Crippen molar-refractivity contribution in [3.05, 3.63) is 44.6 Å². The largest absolute Gasteiger partial charge is 0.321 e. The van der Waals surface area contributed by atoms with Gasteiger partial charge in [-0.25, -0.2) is 8.42 Å². The number of sulfonamides is 1. The van der Waals surface area contributed by atoms with Gasteiger partial charge in [0.1, 0.15) is 9.77 Å². The first-order valence-electron chi connectivity index (χ1n) is 7.31. The Hall–Kier alpha value is -0.770. The summed E-state index contributed by atoms with van der Waals surface area (Å²) in [4.78, 5) is 12.8. The zero-order valence-corrected chi connectivity index (χ0v) is 16.8. The summed E-state index contributed by atoms with van der Waals surface area (Å²) in [7, 11) is -3.68. The summed E-state index contributed by atoms with van der Waals surface area (Å²) in [5.41, 5.74) is 0.450. The van der Waals surface area contributed by atoms with E-state index >= 15 is 0 Å². The molecule has 134 valence electrons. The minimum absolute atomic E-state index is 0.0435. The molecule has 1 aromatic carbocycles. The van der Waals surface area contributed by atoms with Crippen LogP contribution in [0.15, 0.2) is 34.5 Å². The summed E-state index contributed by atoms with van der Waals surface area (Å²) < 4.78 is 27.1. The summed E-state index contributed by atoms with van der Waals surface area (Å²) in [5, 5.41) is 4.96. The fraction of sp³-hybridized carbons (Fsp3) is 0.267. The van der Waals surface area contributed by atoms with E-state index in [0.29, 0.717) is 28.8 Å². The van der Waals surface area contributed by atoms with Crippen LogP contribution in [0.1, 0.15) is 9.67 Å². The molecule has 5 nitrogen and oxygen atoms in total. The number of halogens is 2. The van der Waals surface area contributed by atoms with Crippen molar-refractivity contribution in [1.82, 2.24) is 4.31 Å². The smallest absolute Gasteiger partial charge is 0.267 e. The van der Waals surface area contributed by atoms with Crippen LogP contribution >= 0.6 is 46.3 Å². The highest BCUT2D eigenvalue weighted by Crippen LogP contribution is 2.29. The molecule has 1 saturated heterocycles. The molecule has 3 rings (SSSR count). The van der Waals surface area contributed by atoms with E-state index in [1.165, 1.54) is 16.4 Å². The molecule has 25 heavy (non-hydrogen) atoms. The van der Waals surface area contributed by atoms with E-state index in [0.717, 1.165) is 22.8 Å². The highest BCUT2D eigenvalue weighted by Gasteiger charge is 2.31. The quantitative estimate of drug-likeness (QED) is 0.784. The first-order chi connectivity index (χ1) is 11.9. The van der Waals surface area contributed by atoms with Crippen LogP contribution in [0.3, 0.4) is 0 Å². The van der Waals surface area contributed by atoms with E-state index < -0.39 is 15.9 Å². The SMILES string of the molecule is O=C(Nc1ccc(Cl)c(Cl)c1)c1sccc1S(=O)(=O)N1CCSCC1. The molecule has 1 amide bonds. The highest BCUT2D eigenvalue weighted by atomic mass is 35.5. The van der Waals surface area contributed by atoms with Crippen LogP contribution in [-0.4, -0.2) is 43.2 Å². The predicted octanol–water partition coefficient (Wildman–Crippen LogP) is 4.04. The maximum absolute atomic E-state index is 12.8. The molecule has 1 aromatic heterocycles. The van der Waals surface area contributed by atoms with Crippen LogP contribution in [0.4, 0.5) is 5.69 Å². The molecule has 2 heterocycles. The van der Waals surface area contributed by atoms with Gasteiger partial charge in [0.15, 0.2) is 0 Å². The number of thioether (sulfide) groups is 1. The molecule has 2 aromatic rings. The van der Waals surface area contributed by atoms with Crippen LogP contribution in [0.25, 0.3) is 0 Å². The monoisotopic (exact) mass is 436 g/mol. The number of hydrogen-bond acceptors (Lipinski definition) is 5. The van der Waals surface area contributed by atoms with Crippen molar-refractivity contribution in [2.75, 3.05) is 29.9 Å². The van der Waals surface area contributed by atoms with Gasteiger partial charge in [0.2, 0.25) is 10.0 Å². The second-order valence-corrected chi connectivity index (χ2v) is 10.1. The molecule has 0 bridgehead atoms. The van der Waals surface area contributed by atoms with Crippen LogP contribution in [-0.2, 0) is 10.0 Å². The van der Waals surface area contributed by atoms with E-state index in [4.69, 9.17) is 23.2 Å². The average molecular weight is 437 g/mol. The molecule has 0 atom stereocenters. The van der Waals surface area contributed by atoms with Gasteiger partial charge in [0, 0.05) is 30.3 Å². The second-order valence-electron chi connectivity index (χ2n) is 5.21. The number of carbonyl (C=O) groups is 1. The number of carbonyl (C=O) groups excluding carboxylic acids is 1. The Balaban J connectivity index is 1.85. The van der Waals surface area contributed by atoms with Crippen molar-refractivity contribution in [1.29, 1.82) is 0 Å². The summed E-state index contributed by atoms with van der Waals surface area (Å²) in [6.45, 7) is 0.910.